The predicted molar refractivity (Wildman–Crippen MR) is 149 cm³/mol. The van der Waals surface area contributed by atoms with Crippen molar-refractivity contribution in [3.05, 3.63) is 71.5 Å². The van der Waals surface area contributed by atoms with Crippen molar-refractivity contribution in [2.75, 3.05) is 47.5 Å². The fourth-order valence-corrected chi connectivity index (χ4v) is 5.73. The van der Waals surface area contributed by atoms with Crippen LogP contribution in [-0.4, -0.2) is 73.2 Å². The molecule has 1 fully saturated rings. The van der Waals surface area contributed by atoms with Crippen molar-refractivity contribution < 1.29 is 14.3 Å². The fourth-order valence-electron chi connectivity index (χ4n) is 5.73. The van der Waals surface area contributed by atoms with Gasteiger partial charge in [-0.05, 0) is 60.8 Å². The van der Waals surface area contributed by atoms with Gasteiger partial charge in [0.1, 0.15) is 11.4 Å². The number of aromatic amines is 1. The Balaban J connectivity index is 1.28. The first-order valence-corrected chi connectivity index (χ1v) is 13.3. The van der Waals surface area contributed by atoms with Crippen LogP contribution in [-0.2, 0) is 17.7 Å². The molecule has 0 unspecified atom stereocenters. The van der Waals surface area contributed by atoms with E-state index >= 15 is 0 Å². The second kappa shape index (κ2) is 10.2. The molecule has 2 aromatic carbocycles. The zero-order valence-corrected chi connectivity index (χ0v) is 22.3. The number of amides is 1. The molecule has 6 rings (SSSR count). The highest BCUT2D eigenvalue weighted by Crippen LogP contribution is 2.36. The number of hydrogen-bond acceptors (Lipinski definition) is 5. The van der Waals surface area contributed by atoms with Crippen LogP contribution >= 0.6 is 0 Å². The molecular weight excluding hydrogens is 476 g/mol. The van der Waals surface area contributed by atoms with E-state index in [9.17, 15) is 4.79 Å². The standard InChI is InChI=1S/C31H34N4O3/c1-34-10-8-23-12-24(14-29(37-3)28(23)18-34)25-13-26-27(16-33-30(26)32-15-25)21-4-6-22(7-5-21)31(36)35(2)17-20-9-11-38-19-20/h4-7,12-16,20H,8-11,17-19H2,1-3H3,(H,32,33)/t20-/m0/s1. The zero-order chi connectivity index (χ0) is 26.2. The van der Waals surface area contributed by atoms with E-state index in [-0.39, 0.29) is 5.91 Å². The number of benzene rings is 2. The Bertz CT molecular complexity index is 1450. The van der Waals surface area contributed by atoms with E-state index in [1.165, 1.54) is 11.1 Å². The molecule has 0 spiro atoms. The summed E-state index contributed by atoms with van der Waals surface area (Å²) < 4.78 is 11.2. The van der Waals surface area contributed by atoms with E-state index in [1.54, 1.807) is 12.0 Å². The number of nitrogens with one attached hydrogen (secondary N) is 1. The minimum atomic E-state index is 0.0406. The van der Waals surface area contributed by atoms with Crippen molar-refractivity contribution in [1.82, 2.24) is 19.8 Å². The summed E-state index contributed by atoms with van der Waals surface area (Å²) in [7, 11) is 5.76. The maximum Gasteiger partial charge on any atom is 0.253 e. The molecule has 1 amide bonds. The molecule has 1 atom stereocenters. The third-order valence-corrected chi connectivity index (χ3v) is 7.92. The number of rotatable bonds is 6. The quantitative estimate of drug-likeness (QED) is 0.395. The van der Waals surface area contributed by atoms with Crippen LogP contribution in [0.5, 0.6) is 5.75 Å². The maximum atomic E-state index is 13.0. The number of likely N-dealkylation sites (N-methyl/N-ethyl adjacent to an activating group) is 1. The first kappa shape index (κ1) is 24.6. The largest absolute Gasteiger partial charge is 0.496 e. The summed E-state index contributed by atoms with van der Waals surface area (Å²) >= 11 is 0. The smallest absolute Gasteiger partial charge is 0.253 e. The number of fused-ring (bicyclic) bond motifs is 2. The van der Waals surface area contributed by atoms with Gasteiger partial charge in [-0.2, -0.15) is 0 Å². The third kappa shape index (κ3) is 4.68. The Hall–Kier alpha value is -3.68. The van der Waals surface area contributed by atoms with Crippen molar-refractivity contribution in [3.63, 3.8) is 0 Å². The molecule has 4 heterocycles. The predicted octanol–water partition coefficient (Wildman–Crippen LogP) is 5.00. The summed E-state index contributed by atoms with van der Waals surface area (Å²) in [5.74, 6) is 1.40. The molecule has 2 aliphatic heterocycles. The molecule has 1 saturated heterocycles. The Morgan fingerprint density at radius 1 is 1.18 bits per heavy atom. The van der Waals surface area contributed by atoms with Crippen LogP contribution < -0.4 is 4.74 Å². The molecule has 0 radical (unpaired) electrons. The molecule has 1 N–H and O–H groups in total. The topological polar surface area (TPSA) is 70.7 Å². The average molecular weight is 511 g/mol. The molecular formula is C31H34N4O3. The third-order valence-electron chi connectivity index (χ3n) is 7.92. The Labute approximate surface area is 223 Å². The molecule has 2 aliphatic rings. The van der Waals surface area contributed by atoms with E-state index in [0.29, 0.717) is 11.5 Å². The van der Waals surface area contributed by atoms with Gasteiger partial charge in [-0.3, -0.25) is 4.79 Å². The molecule has 0 aliphatic carbocycles. The molecule has 7 heteroatoms. The molecule has 196 valence electrons. The van der Waals surface area contributed by atoms with Gasteiger partial charge in [-0.15, -0.1) is 0 Å². The molecule has 0 bridgehead atoms. The molecule has 4 aromatic rings. The van der Waals surface area contributed by atoms with Gasteiger partial charge in [0.25, 0.3) is 5.91 Å². The van der Waals surface area contributed by atoms with E-state index in [4.69, 9.17) is 14.5 Å². The summed E-state index contributed by atoms with van der Waals surface area (Å²) in [5, 5.41) is 1.05. The maximum absolute atomic E-state index is 13.0. The van der Waals surface area contributed by atoms with Gasteiger partial charge >= 0.3 is 0 Å². The molecule has 38 heavy (non-hydrogen) atoms. The monoisotopic (exact) mass is 510 g/mol. The van der Waals surface area contributed by atoms with Gasteiger partial charge in [-0.1, -0.05) is 18.2 Å². The van der Waals surface area contributed by atoms with E-state index in [1.807, 2.05) is 43.7 Å². The van der Waals surface area contributed by atoms with Crippen molar-refractivity contribution in [2.45, 2.75) is 19.4 Å². The van der Waals surface area contributed by atoms with E-state index in [2.05, 4.69) is 35.1 Å². The van der Waals surface area contributed by atoms with Crippen LogP contribution in [0.15, 0.2) is 54.9 Å². The normalized spacial score (nSPS) is 17.5. The highest BCUT2D eigenvalue weighted by atomic mass is 16.5. The fraction of sp³-hybridized carbons (Fsp3) is 0.355. The van der Waals surface area contributed by atoms with Crippen molar-refractivity contribution in [1.29, 1.82) is 0 Å². The van der Waals surface area contributed by atoms with Gasteiger partial charge in [0.2, 0.25) is 0 Å². The van der Waals surface area contributed by atoms with Crippen LogP contribution in [0.4, 0.5) is 0 Å². The number of H-pyrrole nitrogens is 1. The second-order valence-electron chi connectivity index (χ2n) is 10.6. The Morgan fingerprint density at radius 3 is 2.79 bits per heavy atom. The van der Waals surface area contributed by atoms with Crippen LogP contribution in [0, 0.1) is 5.92 Å². The summed E-state index contributed by atoms with van der Waals surface area (Å²) in [6, 6.07) is 14.5. The van der Waals surface area contributed by atoms with Crippen LogP contribution in [0.3, 0.4) is 0 Å². The highest BCUT2D eigenvalue weighted by molar-refractivity contribution is 5.98. The summed E-state index contributed by atoms with van der Waals surface area (Å²) in [4.78, 5) is 25.1. The summed E-state index contributed by atoms with van der Waals surface area (Å²) in [6.07, 6.45) is 5.94. The number of carbonyl (C=O) groups excluding carboxylic acids is 1. The lowest BCUT2D eigenvalue weighted by molar-refractivity contribution is 0.0766. The van der Waals surface area contributed by atoms with Crippen molar-refractivity contribution in [3.8, 4) is 28.0 Å². The lowest BCUT2D eigenvalue weighted by atomic mass is 9.93. The SMILES string of the molecule is COc1cc(-c2cnc3[nH]cc(-c4ccc(C(=O)N(C)C[C@@H]5CCOC5)cc4)c3c2)cc2c1CN(C)CC2. The number of ether oxygens (including phenoxy) is 2. The van der Waals surface area contributed by atoms with Crippen LogP contribution in [0.1, 0.15) is 27.9 Å². The Kier molecular flexibility index (Phi) is 6.64. The number of pyridine rings is 1. The van der Waals surface area contributed by atoms with Crippen molar-refractivity contribution in [2.24, 2.45) is 5.92 Å². The highest BCUT2D eigenvalue weighted by Gasteiger charge is 2.22. The zero-order valence-electron chi connectivity index (χ0n) is 22.3. The number of nitrogens with zero attached hydrogens (tertiary/aromatic N) is 3. The van der Waals surface area contributed by atoms with Gasteiger partial charge in [-0.25, -0.2) is 4.98 Å². The molecule has 0 saturated carbocycles. The molecule has 7 nitrogen and oxygen atoms in total. The van der Waals surface area contributed by atoms with Crippen molar-refractivity contribution >= 4 is 16.9 Å². The first-order chi connectivity index (χ1) is 18.5. The molecule has 2 aromatic heterocycles. The van der Waals surface area contributed by atoms with E-state index < -0.39 is 0 Å². The minimum Gasteiger partial charge on any atom is -0.496 e. The lowest BCUT2D eigenvalue weighted by Gasteiger charge is -2.27. The van der Waals surface area contributed by atoms with Gasteiger partial charge < -0.3 is 24.3 Å². The number of hydrogen-bond donors (Lipinski definition) is 1. The minimum absolute atomic E-state index is 0.0406. The summed E-state index contributed by atoms with van der Waals surface area (Å²) in [6.45, 7) is 4.20. The summed E-state index contributed by atoms with van der Waals surface area (Å²) in [5.41, 5.74) is 8.44. The van der Waals surface area contributed by atoms with E-state index in [0.717, 1.165) is 84.7 Å². The Morgan fingerprint density at radius 2 is 2.03 bits per heavy atom. The van der Waals surface area contributed by atoms with Crippen LogP contribution in [0.2, 0.25) is 0 Å². The van der Waals surface area contributed by atoms with Crippen LogP contribution in [0.25, 0.3) is 33.3 Å². The average Bonchev–Trinajstić information content (AvgIpc) is 3.61. The number of aromatic nitrogens is 2. The van der Waals surface area contributed by atoms with Gasteiger partial charge in [0.15, 0.2) is 0 Å². The number of methoxy groups -OCH3 is 1. The van der Waals surface area contributed by atoms with Gasteiger partial charge in [0, 0.05) is 79.2 Å². The first-order valence-electron chi connectivity index (χ1n) is 13.3. The lowest BCUT2D eigenvalue weighted by Crippen LogP contribution is -2.32. The number of carbonyl (C=O) groups is 1. The second-order valence-corrected chi connectivity index (χ2v) is 10.6. The van der Waals surface area contributed by atoms with Gasteiger partial charge in [0.05, 0.1) is 13.7 Å².